The van der Waals surface area contributed by atoms with E-state index in [0.717, 1.165) is 24.3 Å². The standard InChI is InChI=1S/C13H16F4NO4P/c1-3-21-23(20,22-4-2)12(13(15,16)17)18-11(19)9-5-7-10(14)8-6-9/h5-8,12H,3-4H2,1-2H3,(H,18,19). The van der Waals surface area contributed by atoms with Crippen molar-refractivity contribution in [3.63, 3.8) is 0 Å². The van der Waals surface area contributed by atoms with E-state index in [2.05, 4.69) is 9.05 Å². The van der Waals surface area contributed by atoms with Gasteiger partial charge >= 0.3 is 13.8 Å². The Hall–Kier alpha value is -1.44. The van der Waals surface area contributed by atoms with Crippen LogP contribution in [0.1, 0.15) is 24.2 Å². The summed E-state index contributed by atoms with van der Waals surface area (Å²) in [6, 6.07) is 3.85. The van der Waals surface area contributed by atoms with Crippen LogP contribution in [0.3, 0.4) is 0 Å². The van der Waals surface area contributed by atoms with Crippen LogP contribution in [-0.4, -0.2) is 31.1 Å². The van der Waals surface area contributed by atoms with Crippen molar-refractivity contribution in [2.45, 2.75) is 25.8 Å². The SMILES string of the molecule is CCOP(=O)(OCC)C(NC(=O)c1ccc(F)cc1)C(F)(F)F. The van der Waals surface area contributed by atoms with Gasteiger partial charge < -0.3 is 14.4 Å². The number of hydrogen-bond donors (Lipinski definition) is 1. The van der Waals surface area contributed by atoms with Gasteiger partial charge in [0.15, 0.2) is 0 Å². The Morgan fingerprint density at radius 3 is 2.04 bits per heavy atom. The number of carbonyl (C=O) groups excluding carboxylic acids is 1. The zero-order valence-electron chi connectivity index (χ0n) is 12.4. The molecule has 1 aromatic rings. The van der Waals surface area contributed by atoms with Crippen molar-refractivity contribution in [1.82, 2.24) is 5.32 Å². The van der Waals surface area contributed by atoms with Gasteiger partial charge in [0, 0.05) is 5.56 Å². The lowest BCUT2D eigenvalue weighted by molar-refractivity contribution is -0.139. The van der Waals surface area contributed by atoms with Gasteiger partial charge in [0.2, 0.25) is 5.78 Å². The van der Waals surface area contributed by atoms with Crippen LogP contribution in [0, 0.1) is 5.82 Å². The third-order valence-corrected chi connectivity index (χ3v) is 4.91. The highest BCUT2D eigenvalue weighted by molar-refractivity contribution is 7.54. The Bertz CT molecular complexity index is 566. The van der Waals surface area contributed by atoms with Gasteiger partial charge in [-0.2, -0.15) is 13.2 Å². The normalized spacial score (nSPS) is 13.7. The first-order valence-corrected chi connectivity index (χ1v) is 8.27. The second-order valence-electron chi connectivity index (χ2n) is 4.30. The van der Waals surface area contributed by atoms with Crippen molar-refractivity contribution >= 4 is 13.5 Å². The minimum absolute atomic E-state index is 0.222. The number of amides is 1. The molecule has 130 valence electrons. The first-order chi connectivity index (χ1) is 10.6. The number of carbonyl (C=O) groups is 1. The van der Waals surface area contributed by atoms with Crippen LogP contribution in [0.5, 0.6) is 0 Å². The topological polar surface area (TPSA) is 64.6 Å². The van der Waals surface area contributed by atoms with Gasteiger partial charge in [-0.1, -0.05) is 0 Å². The largest absolute Gasteiger partial charge is 0.420 e. The first-order valence-electron chi connectivity index (χ1n) is 6.66. The Kier molecular flexibility index (Phi) is 6.73. The second-order valence-corrected chi connectivity index (χ2v) is 6.41. The van der Waals surface area contributed by atoms with E-state index in [-0.39, 0.29) is 18.8 Å². The molecule has 1 N–H and O–H groups in total. The maximum absolute atomic E-state index is 13.2. The quantitative estimate of drug-likeness (QED) is 0.597. The summed E-state index contributed by atoms with van der Waals surface area (Å²) in [5.41, 5.74) is -0.222. The smallest absolute Gasteiger partial charge is 0.330 e. The fourth-order valence-corrected chi connectivity index (χ4v) is 3.42. The summed E-state index contributed by atoms with van der Waals surface area (Å²) in [4.78, 5) is 11.9. The molecule has 1 rings (SSSR count). The molecular weight excluding hydrogens is 341 g/mol. The summed E-state index contributed by atoms with van der Waals surface area (Å²) in [7, 11) is -4.67. The van der Waals surface area contributed by atoms with Gasteiger partial charge in [-0.25, -0.2) is 4.39 Å². The maximum Gasteiger partial charge on any atom is 0.420 e. The predicted octanol–water partition coefficient (Wildman–Crippen LogP) is 3.71. The fraction of sp³-hybridized carbons (Fsp3) is 0.462. The van der Waals surface area contributed by atoms with Crippen LogP contribution in [0.4, 0.5) is 17.6 Å². The predicted molar refractivity (Wildman–Crippen MR) is 74.6 cm³/mol. The molecule has 1 aromatic carbocycles. The Morgan fingerprint density at radius 1 is 1.17 bits per heavy atom. The van der Waals surface area contributed by atoms with E-state index < -0.39 is 31.3 Å². The van der Waals surface area contributed by atoms with Crippen LogP contribution >= 0.6 is 7.60 Å². The molecule has 0 bridgehead atoms. The molecule has 23 heavy (non-hydrogen) atoms. The van der Waals surface area contributed by atoms with Gasteiger partial charge in [0.1, 0.15) is 5.82 Å². The number of alkyl halides is 3. The molecule has 0 saturated heterocycles. The first kappa shape index (κ1) is 19.6. The van der Waals surface area contributed by atoms with Gasteiger partial charge in [0.05, 0.1) is 13.2 Å². The van der Waals surface area contributed by atoms with Crippen LogP contribution in [0.2, 0.25) is 0 Å². The highest BCUT2D eigenvalue weighted by Crippen LogP contribution is 2.56. The second kappa shape index (κ2) is 7.90. The Morgan fingerprint density at radius 2 is 1.65 bits per heavy atom. The average Bonchev–Trinajstić information content (AvgIpc) is 2.44. The summed E-state index contributed by atoms with van der Waals surface area (Å²) in [6.45, 7) is 2.11. The third-order valence-electron chi connectivity index (χ3n) is 2.62. The van der Waals surface area contributed by atoms with Gasteiger partial charge in [-0.05, 0) is 38.1 Å². The maximum atomic E-state index is 13.2. The fourth-order valence-electron chi connectivity index (χ4n) is 1.70. The van der Waals surface area contributed by atoms with E-state index in [1.165, 1.54) is 13.8 Å². The van der Waals surface area contributed by atoms with Crippen LogP contribution in [0.25, 0.3) is 0 Å². The van der Waals surface area contributed by atoms with E-state index >= 15 is 0 Å². The molecule has 0 aliphatic carbocycles. The van der Waals surface area contributed by atoms with Crippen molar-refractivity contribution in [2.75, 3.05) is 13.2 Å². The number of benzene rings is 1. The molecule has 0 fully saturated rings. The summed E-state index contributed by atoms with van der Waals surface area (Å²) in [6.07, 6.45) is -5.06. The van der Waals surface area contributed by atoms with E-state index in [4.69, 9.17) is 0 Å². The van der Waals surface area contributed by atoms with Crippen molar-refractivity contribution < 1.29 is 36.0 Å². The van der Waals surface area contributed by atoms with Crippen molar-refractivity contribution in [2.24, 2.45) is 0 Å². The van der Waals surface area contributed by atoms with Crippen LogP contribution in [0.15, 0.2) is 24.3 Å². The molecule has 0 spiro atoms. The summed E-state index contributed by atoms with van der Waals surface area (Å²) in [5.74, 6) is -4.65. The van der Waals surface area contributed by atoms with Crippen molar-refractivity contribution in [1.29, 1.82) is 0 Å². The number of hydrogen-bond acceptors (Lipinski definition) is 4. The Labute approximate surface area is 130 Å². The lowest BCUT2D eigenvalue weighted by Gasteiger charge is -2.28. The summed E-state index contributed by atoms with van der Waals surface area (Å²) >= 11 is 0. The van der Waals surface area contributed by atoms with Crippen LogP contribution < -0.4 is 5.32 Å². The average molecular weight is 357 g/mol. The lowest BCUT2D eigenvalue weighted by Crippen LogP contribution is -2.46. The zero-order chi connectivity index (χ0) is 17.7. The van der Waals surface area contributed by atoms with Gasteiger partial charge in [-0.15, -0.1) is 0 Å². The molecule has 0 saturated carbocycles. The molecular formula is C13H16F4NO4P. The minimum atomic E-state index is -5.06. The van der Waals surface area contributed by atoms with Crippen molar-refractivity contribution in [3.8, 4) is 0 Å². The molecule has 1 amide bonds. The molecule has 0 aromatic heterocycles. The third kappa shape index (κ3) is 5.30. The number of nitrogens with one attached hydrogen (secondary N) is 1. The molecule has 5 nitrogen and oxygen atoms in total. The Balaban J connectivity index is 3.09. The van der Waals surface area contributed by atoms with E-state index in [1.54, 1.807) is 5.32 Å². The molecule has 1 unspecified atom stereocenters. The highest BCUT2D eigenvalue weighted by atomic mass is 31.2. The lowest BCUT2D eigenvalue weighted by atomic mass is 10.2. The molecule has 0 radical (unpaired) electrons. The van der Waals surface area contributed by atoms with E-state index in [0.29, 0.717) is 0 Å². The molecule has 0 aliphatic rings. The zero-order valence-corrected chi connectivity index (χ0v) is 13.3. The molecule has 10 heteroatoms. The summed E-state index contributed by atoms with van der Waals surface area (Å²) in [5, 5.41) is 1.60. The van der Waals surface area contributed by atoms with Crippen molar-refractivity contribution in [3.05, 3.63) is 35.6 Å². The molecule has 0 heterocycles. The number of halogens is 4. The minimum Gasteiger partial charge on any atom is -0.330 e. The molecule has 0 aliphatic heterocycles. The summed E-state index contributed by atoms with van der Waals surface area (Å²) < 4.78 is 74.0. The van der Waals surface area contributed by atoms with E-state index in [9.17, 15) is 26.9 Å². The monoisotopic (exact) mass is 357 g/mol. The van der Waals surface area contributed by atoms with Crippen LogP contribution in [-0.2, 0) is 13.6 Å². The van der Waals surface area contributed by atoms with Gasteiger partial charge in [0.25, 0.3) is 5.91 Å². The number of rotatable bonds is 7. The highest BCUT2D eigenvalue weighted by Gasteiger charge is 2.54. The molecule has 1 atom stereocenters. The van der Waals surface area contributed by atoms with Gasteiger partial charge in [-0.3, -0.25) is 9.36 Å². The van der Waals surface area contributed by atoms with E-state index in [1.807, 2.05) is 0 Å².